The van der Waals surface area contributed by atoms with Crippen LogP contribution in [0.5, 0.6) is 0 Å². The first-order valence-corrected chi connectivity index (χ1v) is 42.0. The van der Waals surface area contributed by atoms with E-state index in [1.807, 2.05) is 0 Å². The second-order valence-electron chi connectivity index (χ2n) is 33.6. The third-order valence-electron chi connectivity index (χ3n) is 24.8. The normalized spacial score (nSPS) is 11.9. The Balaban J connectivity index is 0.000000103. The van der Waals surface area contributed by atoms with Crippen molar-refractivity contribution < 1.29 is 0 Å². The zero-order chi connectivity index (χ0) is 82.2. The topological polar surface area (TPSA) is 0 Å². The first kappa shape index (κ1) is 78.9. The van der Waals surface area contributed by atoms with Gasteiger partial charge in [0.15, 0.2) is 0 Å². The van der Waals surface area contributed by atoms with Crippen LogP contribution in [-0.4, -0.2) is 0 Å². The van der Waals surface area contributed by atoms with Crippen molar-refractivity contribution in [3.8, 4) is 0 Å². The molecule has 0 bridgehead atoms. The second kappa shape index (κ2) is 33.7. The van der Waals surface area contributed by atoms with Gasteiger partial charge in [0, 0.05) is 0 Å². The van der Waals surface area contributed by atoms with E-state index in [1.54, 1.807) is 0 Å². The quantitative estimate of drug-likeness (QED) is 0.105. The Morgan fingerprint density at radius 2 is 0.441 bits per heavy atom. The van der Waals surface area contributed by atoms with Gasteiger partial charge in [-0.3, -0.25) is 0 Å². The molecule has 0 saturated carbocycles. The first-order valence-electron chi connectivity index (χ1n) is 42.0. The fourth-order valence-corrected chi connectivity index (χ4v) is 18.5. The van der Waals surface area contributed by atoms with Gasteiger partial charge < -0.3 is 0 Å². The molecular formula is C118H106. The molecular weight excluding hydrogens is 1420 g/mol. The Labute approximate surface area is 697 Å². The van der Waals surface area contributed by atoms with Crippen LogP contribution in [0.2, 0.25) is 0 Å². The molecule has 0 fully saturated rings. The molecule has 0 atom stereocenters. The van der Waals surface area contributed by atoms with Crippen molar-refractivity contribution in [2.45, 2.75) is 124 Å². The first-order chi connectivity index (χ1) is 57.1. The van der Waals surface area contributed by atoms with Gasteiger partial charge in [-0.15, -0.1) is 0 Å². The molecule has 0 heteroatoms. The summed E-state index contributed by atoms with van der Waals surface area (Å²) in [5.41, 5.74) is 27.8. The van der Waals surface area contributed by atoms with Crippen LogP contribution in [0.25, 0.3) is 152 Å². The molecule has 0 N–H and O–H groups in total. The van der Waals surface area contributed by atoms with Crippen molar-refractivity contribution in [1.29, 1.82) is 0 Å². The summed E-state index contributed by atoms with van der Waals surface area (Å²) in [7, 11) is 0. The van der Waals surface area contributed by atoms with Crippen molar-refractivity contribution in [3.63, 3.8) is 0 Å². The Morgan fingerprint density at radius 3 is 0.822 bits per heavy atom. The van der Waals surface area contributed by atoms with Crippen molar-refractivity contribution in [2.75, 3.05) is 0 Å². The maximum atomic E-state index is 2.29. The molecule has 0 unspecified atom stereocenters. The monoisotopic (exact) mass is 1520 g/mol. The smallest absolute Gasteiger partial charge is 0.00237 e. The Hall–Kier alpha value is -13.0. The Morgan fingerprint density at radius 1 is 0.169 bits per heavy atom. The minimum absolute atomic E-state index is 1.15. The summed E-state index contributed by atoms with van der Waals surface area (Å²) in [6, 6.07) is 115. The molecule has 118 heavy (non-hydrogen) atoms. The van der Waals surface area contributed by atoms with Gasteiger partial charge >= 0.3 is 0 Å². The second-order valence-corrected chi connectivity index (χ2v) is 33.6. The number of fused-ring (bicyclic) bond motifs is 11. The van der Waals surface area contributed by atoms with Crippen LogP contribution in [0, 0.1) is 96.9 Å². The fraction of sp³-hybridized carbons (Fsp3) is 0.153. The highest BCUT2D eigenvalue weighted by Crippen LogP contribution is 2.44. The summed E-state index contributed by atoms with van der Waals surface area (Å²) < 4.78 is 0. The van der Waals surface area contributed by atoms with Gasteiger partial charge in [-0.05, 0) is 336 Å². The third kappa shape index (κ3) is 15.9. The van der Waals surface area contributed by atoms with E-state index in [9.17, 15) is 0 Å². The van der Waals surface area contributed by atoms with Crippen LogP contribution in [0.15, 0.2) is 327 Å². The minimum atomic E-state index is 1.15. The van der Waals surface area contributed by atoms with Gasteiger partial charge in [-0.25, -0.2) is 0 Å². The van der Waals surface area contributed by atoms with Crippen molar-refractivity contribution in [2.24, 2.45) is 0 Å². The Bertz CT molecular complexity index is 6810. The van der Waals surface area contributed by atoms with Crippen molar-refractivity contribution in [3.05, 3.63) is 427 Å². The molecule has 0 saturated heterocycles. The van der Waals surface area contributed by atoms with E-state index in [2.05, 4.69) is 438 Å². The summed E-state index contributed by atoms with van der Waals surface area (Å²) in [6.07, 6.45) is 6.86. The van der Waals surface area contributed by atoms with Crippen LogP contribution in [-0.2, 0) is 12.8 Å². The van der Waals surface area contributed by atoms with Gasteiger partial charge in [0.05, 0.1) is 0 Å². The van der Waals surface area contributed by atoms with Crippen molar-refractivity contribution >= 4 is 152 Å². The van der Waals surface area contributed by atoms with Crippen LogP contribution < -0.4 is 0 Å². The average molecular weight is 1520 g/mol. The summed E-state index contributed by atoms with van der Waals surface area (Å²) in [5, 5.41) is 35.7. The number of aryl methyl sites for hydroxylation is 14. The highest BCUT2D eigenvalue weighted by atomic mass is 14.2. The number of hydrogen-bond donors (Lipinski definition) is 0. The number of allylic oxidation sites excluding steroid dienone is 2. The van der Waals surface area contributed by atoms with E-state index >= 15 is 0 Å². The summed E-state index contributed by atoms with van der Waals surface area (Å²) in [4.78, 5) is 0. The molecule has 21 aromatic rings. The van der Waals surface area contributed by atoms with E-state index < -0.39 is 0 Å². The highest BCUT2D eigenvalue weighted by molar-refractivity contribution is 6.35. The molecule has 0 heterocycles. The van der Waals surface area contributed by atoms with Gasteiger partial charge in [0.25, 0.3) is 0 Å². The van der Waals surface area contributed by atoms with E-state index in [1.165, 1.54) is 251 Å². The van der Waals surface area contributed by atoms with Crippen LogP contribution in [0.4, 0.5) is 0 Å². The van der Waals surface area contributed by atoms with Gasteiger partial charge in [0.2, 0.25) is 0 Å². The number of benzene rings is 21. The molecule has 0 nitrogen and oxygen atoms in total. The predicted molar refractivity (Wildman–Crippen MR) is 523 cm³/mol. The van der Waals surface area contributed by atoms with Gasteiger partial charge in [-0.2, -0.15) is 0 Å². The lowest BCUT2D eigenvalue weighted by Crippen LogP contribution is -1.89. The van der Waals surface area contributed by atoms with Crippen LogP contribution in [0.3, 0.4) is 0 Å². The van der Waals surface area contributed by atoms with Gasteiger partial charge in [-0.1, -0.05) is 367 Å². The standard InChI is InChI=1S/2C22H16.C16H14.3C12H12.2C11H12/c1-13-9-11-19-18-8-4-6-16-14(2)10-12-20(22(16)18)17-7-3-5-15(13)21(17)19;1-13-9-11-19-20-12-10-14(2)16-6-4-8-18(22(16)20)17-7-3-5-15(13)21(17)19;1-11-13-7-3-5-9-15(13)12(2)16-10-6-4-8-14(11)16;1-9-3-5-12-8-10(2)4-6-11(12)7-9;1-9-3-5-11-6-4-10(2)8-12(11)7-9;1-9-5-3-8-12-10(2)6-4-7-11(9)12;1-8-3-4-10-6-9(2)7-11(10)5-8;1-8-6-10-5-3-4-9(2)11(10)7-8/h2*3-12H,1-2H3;3-10H,1-2H3;3*3-8H,1-2H3;3-5,7H,6H2,1-2H3;3-6H,7H2,1-2H3. The molecule has 21 aromatic carbocycles. The molecule has 0 radical (unpaired) electrons. The van der Waals surface area contributed by atoms with Crippen LogP contribution >= 0.6 is 0 Å². The largest absolute Gasteiger partial charge is 0.0683 e. The zero-order valence-electron chi connectivity index (χ0n) is 71.6. The summed E-state index contributed by atoms with van der Waals surface area (Å²) in [6.45, 7) is 34.8. The summed E-state index contributed by atoms with van der Waals surface area (Å²) >= 11 is 0. The van der Waals surface area contributed by atoms with E-state index in [0.717, 1.165) is 12.8 Å². The molecule has 23 rings (SSSR count). The molecule has 0 aromatic heterocycles. The maximum absolute atomic E-state index is 2.29. The zero-order valence-corrected chi connectivity index (χ0v) is 71.6. The van der Waals surface area contributed by atoms with Gasteiger partial charge in [0.1, 0.15) is 0 Å². The minimum Gasteiger partial charge on any atom is -0.0683 e. The van der Waals surface area contributed by atoms with E-state index in [4.69, 9.17) is 0 Å². The number of hydrogen-bond acceptors (Lipinski definition) is 0. The molecule has 0 aliphatic heterocycles. The maximum Gasteiger partial charge on any atom is -0.00237 e. The lowest BCUT2D eigenvalue weighted by Gasteiger charge is -2.16. The average Bonchev–Trinajstić information content (AvgIpc) is 0.761. The molecule has 2 aliphatic carbocycles. The third-order valence-corrected chi connectivity index (χ3v) is 24.8. The summed E-state index contributed by atoms with van der Waals surface area (Å²) in [5.74, 6) is 0. The SMILES string of the molecule is CC1=Cc2cc(C)ccc2C1.CC1=Cc2cccc(C)c2C1.Cc1c2ccccc2c(C)c2ccccc12.Cc1ccc2c3ccc(C)c4cccc(c5cccc1c52)c43.Cc1ccc2c3cccc4c(C)ccc(c5cccc1c52)c43.Cc1ccc2cc(C)ccc2c1.Cc1ccc2ccc(C)cc2c1.Cc1cccc2c(C)cccc12. The van der Waals surface area contributed by atoms with E-state index in [0.29, 0.717) is 0 Å². The Kier molecular flexibility index (Phi) is 22.5. The molecule has 2 aliphatic rings. The fourth-order valence-electron chi connectivity index (χ4n) is 18.5. The van der Waals surface area contributed by atoms with E-state index in [-0.39, 0.29) is 0 Å². The van der Waals surface area contributed by atoms with Crippen molar-refractivity contribution in [1.82, 2.24) is 0 Å². The van der Waals surface area contributed by atoms with Crippen LogP contribution in [0.1, 0.15) is 114 Å². The highest BCUT2D eigenvalue weighted by Gasteiger charge is 2.18. The molecule has 578 valence electrons. The molecule has 0 spiro atoms. The molecule has 0 amide bonds. The lowest BCUT2D eigenvalue weighted by molar-refractivity contribution is 1.16. The predicted octanol–water partition coefficient (Wildman–Crippen LogP) is 33.6. The lowest BCUT2D eigenvalue weighted by atomic mass is 9.87. The number of rotatable bonds is 0.